The van der Waals surface area contributed by atoms with Crippen LogP contribution in [0.2, 0.25) is 0 Å². The third-order valence-electron chi connectivity index (χ3n) is 3.93. The van der Waals surface area contributed by atoms with Crippen molar-refractivity contribution in [1.82, 2.24) is 14.9 Å². The van der Waals surface area contributed by atoms with Gasteiger partial charge in [0.25, 0.3) is 0 Å². The summed E-state index contributed by atoms with van der Waals surface area (Å²) >= 11 is 0. The van der Waals surface area contributed by atoms with Gasteiger partial charge in [0.2, 0.25) is 0 Å². The lowest BCUT2D eigenvalue weighted by atomic mass is 10.0. The minimum atomic E-state index is 0.337. The highest BCUT2D eigenvalue weighted by molar-refractivity contribution is 5.29. The molecule has 0 aliphatic heterocycles. The highest BCUT2D eigenvalue weighted by atomic mass is 15.1. The van der Waals surface area contributed by atoms with Gasteiger partial charge in [-0.3, -0.25) is 0 Å². The lowest BCUT2D eigenvalue weighted by Gasteiger charge is -2.22. The fraction of sp³-hybridized carbons (Fsp3) is 0.471. The lowest BCUT2D eigenvalue weighted by Crippen LogP contribution is -2.27. The topological polar surface area (TPSA) is 29.9 Å². The molecule has 1 aromatic heterocycles. The Balaban J connectivity index is 2.24. The van der Waals surface area contributed by atoms with Gasteiger partial charge in [0, 0.05) is 12.2 Å². The molecule has 0 aliphatic carbocycles. The molecule has 0 amide bonds. The number of nitrogens with zero attached hydrogens (tertiary/aromatic N) is 2. The molecule has 1 N–H and O–H groups in total. The Bertz CT molecular complexity index is 557. The maximum atomic E-state index is 4.40. The summed E-state index contributed by atoms with van der Waals surface area (Å²) in [5.74, 6) is 0. The largest absolute Gasteiger partial charge is 0.333 e. The van der Waals surface area contributed by atoms with Crippen LogP contribution in [0.3, 0.4) is 0 Å². The van der Waals surface area contributed by atoms with Crippen molar-refractivity contribution >= 4 is 0 Å². The number of hydrogen-bond acceptors (Lipinski definition) is 2. The van der Waals surface area contributed by atoms with E-state index < -0.39 is 0 Å². The second kappa shape index (κ2) is 6.71. The van der Waals surface area contributed by atoms with E-state index in [-0.39, 0.29) is 0 Å². The first-order chi connectivity index (χ1) is 9.63. The van der Waals surface area contributed by atoms with E-state index in [2.05, 4.69) is 66.8 Å². The van der Waals surface area contributed by atoms with E-state index in [9.17, 15) is 0 Å². The molecule has 0 radical (unpaired) electrons. The molecular weight excluding hydrogens is 246 g/mol. The van der Waals surface area contributed by atoms with Crippen molar-refractivity contribution in [1.29, 1.82) is 0 Å². The molecule has 3 heteroatoms. The van der Waals surface area contributed by atoms with Crippen LogP contribution < -0.4 is 5.32 Å². The van der Waals surface area contributed by atoms with Gasteiger partial charge in [-0.2, -0.15) is 0 Å². The zero-order valence-electron chi connectivity index (χ0n) is 13.0. The molecule has 2 aromatic rings. The first-order valence-corrected chi connectivity index (χ1v) is 7.40. The number of aryl methyl sites for hydroxylation is 2. The Hall–Kier alpha value is -1.61. The van der Waals surface area contributed by atoms with E-state index in [1.165, 1.54) is 16.8 Å². The lowest BCUT2D eigenvalue weighted by molar-refractivity contribution is 0.457. The van der Waals surface area contributed by atoms with Crippen LogP contribution in [0.1, 0.15) is 41.9 Å². The van der Waals surface area contributed by atoms with E-state index in [0.717, 1.165) is 25.2 Å². The molecular formula is C17H25N3. The number of benzene rings is 1. The number of aromatic nitrogens is 2. The molecule has 0 saturated carbocycles. The highest BCUT2D eigenvalue weighted by Gasteiger charge is 2.14. The van der Waals surface area contributed by atoms with Crippen molar-refractivity contribution in [3.8, 4) is 0 Å². The average Bonchev–Trinajstić information content (AvgIpc) is 2.76. The van der Waals surface area contributed by atoms with Crippen LogP contribution in [0, 0.1) is 20.8 Å². The van der Waals surface area contributed by atoms with E-state index in [1.807, 2.05) is 6.33 Å². The molecule has 20 heavy (non-hydrogen) atoms. The summed E-state index contributed by atoms with van der Waals surface area (Å²) < 4.78 is 2.25. The van der Waals surface area contributed by atoms with Crippen LogP contribution in [0.15, 0.2) is 30.6 Å². The predicted molar refractivity (Wildman–Crippen MR) is 83.9 cm³/mol. The zero-order valence-corrected chi connectivity index (χ0v) is 13.0. The Morgan fingerprint density at radius 2 is 1.95 bits per heavy atom. The molecule has 0 fully saturated rings. The first-order valence-electron chi connectivity index (χ1n) is 7.40. The summed E-state index contributed by atoms with van der Waals surface area (Å²) in [7, 11) is 0. The van der Waals surface area contributed by atoms with Crippen LogP contribution in [0.5, 0.6) is 0 Å². The second-order valence-electron chi connectivity index (χ2n) is 5.43. The van der Waals surface area contributed by atoms with Crippen molar-refractivity contribution in [3.63, 3.8) is 0 Å². The first kappa shape index (κ1) is 14.8. The average molecular weight is 271 g/mol. The highest BCUT2D eigenvalue weighted by Crippen LogP contribution is 2.20. The van der Waals surface area contributed by atoms with Gasteiger partial charge in [0.1, 0.15) is 0 Å². The summed E-state index contributed by atoms with van der Waals surface area (Å²) in [5.41, 5.74) is 5.09. The predicted octanol–water partition coefficient (Wildman–Crippen LogP) is 3.55. The van der Waals surface area contributed by atoms with Crippen molar-refractivity contribution < 1.29 is 0 Å². The van der Waals surface area contributed by atoms with Gasteiger partial charge >= 0.3 is 0 Å². The number of imidazole rings is 1. The maximum absolute atomic E-state index is 4.40. The molecule has 3 nitrogen and oxygen atoms in total. The molecule has 2 rings (SSSR count). The van der Waals surface area contributed by atoms with Gasteiger partial charge in [-0.25, -0.2) is 4.98 Å². The summed E-state index contributed by atoms with van der Waals surface area (Å²) in [5, 5.41) is 3.66. The quantitative estimate of drug-likeness (QED) is 0.870. The molecule has 1 atom stereocenters. The fourth-order valence-corrected chi connectivity index (χ4v) is 2.49. The maximum Gasteiger partial charge on any atom is 0.0952 e. The van der Waals surface area contributed by atoms with E-state index in [4.69, 9.17) is 0 Å². The smallest absolute Gasteiger partial charge is 0.0952 e. The Morgan fingerprint density at radius 1 is 1.20 bits per heavy atom. The number of hydrogen-bond donors (Lipinski definition) is 1. The monoisotopic (exact) mass is 271 g/mol. The third-order valence-corrected chi connectivity index (χ3v) is 3.93. The van der Waals surface area contributed by atoms with Crippen molar-refractivity contribution in [2.24, 2.45) is 0 Å². The molecule has 0 saturated heterocycles. The SMILES string of the molecule is CCCNC(Cn1cnc(C)c1C)c1ccccc1C. The van der Waals surface area contributed by atoms with Gasteiger partial charge in [-0.1, -0.05) is 31.2 Å². The van der Waals surface area contributed by atoms with Gasteiger partial charge < -0.3 is 9.88 Å². The molecule has 0 aliphatic rings. The summed E-state index contributed by atoms with van der Waals surface area (Å²) in [6.07, 6.45) is 3.09. The molecule has 1 heterocycles. The minimum Gasteiger partial charge on any atom is -0.333 e. The van der Waals surface area contributed by atoms with E-state index in [1.54, 1.807) is 0 Å². The van der Waals surface area contributed by atoms with Crippen LogP contribution >= 0.6 is 0 Å². The van der Waals surface area contributed by atoms with Gasteiger partial charge in [0.15, 0.2) is 0 Å². The zero-order chi connectivity index (χ0) is 14.5. The Labute approximate surface area is 122 Å². The molecule has 0 bridgehead atoms. The van der Waals surface area contributed by atoms with Gasteiger partial charge in [-0.15, -0.1) is 0 Å². The summed E-state index contributed by atoms with van der Waals surface area (Å²) in [4.78, 5) is 4.40. The Morgan fingerprint density at radius 3 is 2.55 bits per heavy atom. The molecule has 1 unspecified atom stereocenters. The van der Waals surface area contributed by atoms with Gasteiger partial charge in [0.05, 0.1) is 18.1 Å². The number of rotatable bonds is 6. The van der Waals surface area contributed by atoms with Crippen molar-refractivity contribution in [3.05, 3.63) is 53.1 Å². The van der Waals surface area contributed by atoms with Crippen molar-refractivity contribution in [2.45, 2.75) is 46.7 Å². The normalized spacial score (nSPS) is 12.6. The molecule has 108 valence electrons. The van der Waals surface area contributed by atoms with Crippen LogP contribution in [-0.2, 0) is 6.54 Å². The Kier molecular flexibility index (Phi) is 4.96. The van der Waals surface area contributed by atoms with Crippen LogP contribution in [0.25, 0.3) is 0 Å². The molecule has 1 aromatic carbocycles. The summed E-state index contributed by atoms with van der Waals surface area (Å²) in [6.45, 7) is 10.5. The van der Waals surface area contributed by atoms with Crippen LogP contribution in [0.4, 0.5) is 0 Å². The standard InChI is InChI=1S/C17H25N3/c1-5-10-18-17(16-9-7-6-8-13(16)2)11-20-12-19-14(3)15(20)4/h6-9,12,17-18H,5,10-11H2,1-4H3. The third kappa shape index (κ3) is 3.28. The molecule has 0 spiro atoms. The van der Waals surface area contributed by atoms with Crippen LogP contribution in [-0.4, -0.2) is 16.1 Å². The van der Waals surface area contributed by atoms with E-state index >= 15 is 0 Å². The second-order valence-corrected chi connectivity index (χ2v) is 5.43. The minimum absolute atomic E-state index is 0.337. The van der Waals surface area contributed by atoms with E-state index in [0.29, 0.717) is 6.04 Å². The number of nitrogens with one attached hydrogen (secondary N) is 1. The van der Waals surface area contributed by atoms with Gasteiger partial charge in [-0.05, 0) is 44.9 Å². The fourth-order valence-electron chi connectivity index (χ4n) is 2.49. The summed E-state index contributed by atoms with van der Waals surface area (Å²) in [6, 6.07) is 8.96. The van der Waals surface area contributed by atoms with Crippen molar-refractivity contribution in [2.75, 3.05) is 6.54 Å².